The number of nitrogens with zero attached hydrogens (tertiary/aromatic N) is 2. The second-order valence-corrected chi connectivity index (χ2v) is 9.48. The van der Waals surface area contributed by atoms with Crippen LogP contribution in [0.15, 0.2) is 47.4 Å². The normalized spacial score (nSPS) is 17.2. The number of methoxy groups -OCH3 is 1. The number of rotatable bonds is 7. The lowest BCUT2D eigenvalue weighted by Gasteiger charge is -2.38. The van der Waals surface area contributed by atoms with Crippen molar-refractivity contribution < 1.29 is 13.2 Å². The summed E-state index contributed by atoms with van der Waals surface area (Å²) in [6.45, 7) is 7.80. The van der Waals surface area contributed by atoms with E-state index in [4.69, 9.17) is 4.74 Å². The quantitative estimate of drug-likeness (QED) is 0.750. The number of hydrogen-bond donors (Lipinski definition) is 1. The summed E-state index contributed by atoms with van der Waals surface area (Å²) in [5.41, 5.74) is 2.77. The summed E-state index contributed by atoms with van der Waals surface area (Å²) in [4.78, 5) is 5.00. The first-order valence-electron chi connectivity index (χ1n) is 9.93. The molecule has 0 amide bonds. The van der Waals surface area contributed by atoms with Gasteiger partial charge in [-0.3, -0.25) is 4.90 Å². The zero-order valence-electron chi connectivity index (χ0n) is 17.7. The van der Waals surface area contributed by atoms with E-state index in [2.05, 4.69) is 21.6 Å². The molecule has 1 saturated heterocycles. The third-order valence-electron chi connectivity index (χ3n) is 5.58. The fraction of sp³-hybridized carbons (Fsp3) is 0.455. The van der Waals surface area contributed by atoms with Crippen LogP contribution in [0.3, 0.4) is 0 Å². The Hall–Kier alpha value is -1.93. The molecule has 6 nitrogen and oxygen atoms in total. The number of aryl methyl sites for hydroxylation is 2. The summed E-state index contributed by atoms with van der Waals surface area (Å²) in [7, 11) is 0.168. The molecule has 0 radical (unpaired) electrons. The van der Waals surface area contributed by atoms with Crippen LogP contribution in [-0.2, 0) is 10.0 Å². The Morgan fingerprint density at radius 2 is 1.69 bits per heavy atom. The van der Waals surface area contributed by atoms with E-state index in [0.29, 0.717) is 11.4 Å². The predicted octanol–water partition coefficient (Wildman–Crippen LogP) is 2.58. The second-order valence-electron chi connectivity index (χ2n) is 7.75. The standard InChI is InChI=1S/C22H31N3O3S/c1-17-5-6-18(2)22(15-17)29(26,27)23-16-21(25-13-11-24(3)12-14-25)19-7-9-20(28-4)10-8-19/h5-10,15,21,23H,11-14,16H2,1-4H3. The predicted molar refractivity (Wildman–Crippen MR) is 116 cm³/mol. The maximum atomic E-state index is 13.0. The maximum Gasteiger partial charge on any atom is 0.240 e. The average Bonchev–Trinajstić information content (AvgIpc) is 2.71. The highest BCUT2D eigenvalue weighted by atomic mass is 32.2. The van der Waals surface area contributed by atoms with Crippen molar-refractivity contribution in [3.05, 3.63) is 59.2 Å². The topological polar surface area (TPSA) is 61.9 Å². The highest BCUT2D eigenvalue weighted by Gasteiger charge is 2.26. The smallest absolute Gasteiger partial charge is 0.240 e. The summed E-state index contributed by atoms with van der Waals surface area (Å²) in [6, 6.07) is 13.4. The minimum absolute atomic E-state index is 0.0329. The monoisotopic (exact) mass is 417 g/mol. The molecular weight excluding hydrogens is 386 g/mol. The van der Waals surface area contributed by atoms with Gasteiger partial charge in [-0.05, 0) is 55.8 Å². The van der Waals surface area contributed by atoms with E-state index in [1.165, 1.54) is 0 Å². The van der Waals surface area contributed by atoms with Gasteiger partial charge in [-0.15, -0.1) is 0 Å². The molecule has 1 aliphatic rings. The molecular formula is C22H31N3O3S. The van der Waals surface area contributed by atoms with Gasteiger partial charge in [0, 0.05) is 38.8 Å². The lowest BCUT2D eigenvalue weighted by molar-refractivity contribution is 0.113. The molecule has 0 saturated carbocycles. The van der Waals surface area contributed by atoms with Crippen molar-refractivity contribution in [1.82, 2.24) is 14.5 Å². The van der Waals surface area contributed by atoms with Crippen LogP contribution in [0.5, 0.6) is 5.75 Å². The van der Waals surface area contributed by atoms with Crippen LogP contribution in [0, 0.1) is 13.8 Å². The van der Waals surface area contributed by atoms with Crippen molar-refractivity contribution in [3.8, 4) is 5.75 Å². The second kappa shape index (κ2) is 9.26. The molecule has 2 aromatic carbocycles. The zero-order chi connectivity index (χ0) is 21.0. The highest BCUT2D eigenvalue weighted by Crippen LogP contribution is 2.25. The number of ether oxygens (including phenoxy) is 1. The van der Waals surface area contributed by atoms with Gasteiger partial charge in [0.15, 0.2) is 0 Å². The molecule has 3 rings (SSSR count). The number of benzene rings is 2. The van der Waals surface area contributed by atoms with Gasteiger partial charge in [0.05, 0.1) is 12.0 Å². The van der Waals surface area contributed by atoms with Crippen molar-refractivity contribution >= 4 is 10.0 Å². The minimum Gasteiger partial charge on any atom is -0.497 e. The van der Waals surface area contributed by atoms with Gasteiger partial charge < -0.3 is 9.64 Å². The molecule has 0 aromatic heterocycles. The van der Waals surface area contributed by atoms with Gasteiger partial charge in [0.2, 0.25) is 10.0 Å². The Kier molecular flexibility index (Phi) is 6.95. The van der Waals surface area contributed by atoms with Crippen LogP contribution < -0.4 is 9.46 Å². The molecule has 7 heteroatoms. The molecule has 0 spiro atoms. The number of likely N-dealkylation sites (N-methyl/N-ethyl adjacent to an activating group) is 1. The van der Waals surface area contributed by atoms with Crippen molar-refractivity contribution in [2.75, 3.05) is 46.9 Å². The molecule has 1 unspecified atom stereocenters. The Bertz CT molecular complexity index is 921. The van der Waals surface area contributed by atoms with Gasteiger partial charge >= 0.3 is 0 Å². The number of nitrogens with one attached hydrogen (secondary N) is 1. The molecule has 1 fully saturated rings. The molecule has 0 bridgehead atoms. The largest absolute Gasteiger partial charge is 0.497 e. The van der Waals surface area contributed by atoms with Gasteiger partial charge in [-0.1, -0.05) is 24.3 Å². The Morgan fingerprint density at radius 3 is 2.31 bits per heavy atom. The van der Waals surface area contributed by atoms with Crippen LogP contribution in [0.4, 0.5) is 0 Å². The first kappa shape index (κ1) is 21.8. The fourth-order valence-corrected chi connectivity index (χ4v) is 5.05. The Morgan fingerprint density at radius 1 is 1.03 bits per heavy atom. The summed E-state index contributed by atoms with van der Waals surface area (Å²) < 4.78 is 34.2. The summed E-state index contributed by atoms with van der Waals surface area (Å²) in [5, 5.41) is 0. The van der Waals surface area contributed by atoms with Crippen LogP contribution in [0.1, 0.15) is 22.7 Å². The Balaban J connectivity index is 1.83. The number of hydrogen-bond acceptors (Lipinski definition) is 5. The molecule has 1 N–H and O–H groups in total. The first-order valence-corrected chi connectivity index (χ1v) is 11.4. The van der Waals surface area contributed by atoms with E-state index in [9.17, 15) is 8.42 Å². The van der Waals surface area contributed by atoms with Gasteiger partial charge in [-0.25, -0.2) is 13.1 Å². The Labute approximate surface area is 174 Å². The van der Waals surface area contributed by atoms with Gasteiger partial charge in [0.25, 0.3) is 0 Å². The molecule has 1 atom stereocenters. The maximum absolute atomic E-state index is 13.0. The number of sulfonamides is 1. The van der Waals surface area contributed by atoms with E-state index in [1.807, 2.05) is 50.2 Å². The van der Waals surface area contributed by atoms with Crippen LogP contribution >= 0.6 is 0 Å². The minimum atomic E-state index is -3.59. The first-order chi connectivity index (χ1) is 13.8. The summed E-state index contributed by atoms with van der Waals surface area (Å²) >= 11 is 0. The van der Waals surface area contributed by atoms with Crippen LogP contribution in [0.25, 0.3) is 0 Å². The van der Waals surface area contributed by atoms with Gasteiger partial charge in [-0.2, -0.15) is 0 Å². The molecule has 29 heavy (non-hydrogen) atoms. The lowest BCUT2D eigenvalue weighted by Crippen LogP contribution is -2.48. The molecule has 1 heterocycles. The zero-order valence-corrected chi connectivity index (χ0v) is 18.5. The SMILES string of the molecule is COc1ccc(C(CNS(=O)(=O)c2cc(C)ccc2C)N2CCN(C)CC2)cc1. The molecule has 2 aromatic rings. The molecule has 1 aliphatic heterocycles. The van der Waals surface area contributed by atoms with Crippen molar-refractivity contribution in [2.24, 2.45) is 0 Å². The van der Waals surface area contributed by atoms with E-state index in [1.54, 1.807) is 13.2 Å². The van der Waals surface area contributed by atoms with E-state index in [-0.39, 0.29) is 6.04 Å². The van der Waals surface area contributed by atoms with Crippen molar-refractivity contribution in [1.29, 1.82) is 0 Å². The van der Waals surface area contributed by atoms with Crippen molar-refractivity contribution in [3.63, 3.8) is 0 Å². The van der Waals surface area contributed by atoms with E-state index >= 15 is 0 Å². The highest BCUT2D eigenvalue weighted by molar-refractivity contribution is 7.89. The summed E-state index contributed by atoms with van der Waals surface area (Å²) in [5.74, 6) is 0.793. The average molecular weight is 418 g/mol. The number of piperazine rings is 1. The van der Waals surface area contributed by atoms with E-state index in [0.717, 1.165) is 48.6 Å². The van der Waals surface area contributed by atoms with E-state index < -0.39 is 10.0 Å². The third-order valence-corrected chi connectivity index (χ3v) is 7.14. The molecule has 158 valence electrons. The third kappa shape index (κ3) is 5.36. The van der Waals surface area contributed by atoms with Gasteiger partial charge in [0.1, 0.15) is 5.75 Å². The summed E-state index contributed by atoms with van der Waals surface area (Å²) in [6.07, 6.45) is 0. The van der Waals surface area contributed by atoms with Crippen molar-refractivity contribution in [2.45, 2.75) is 24.8 Å². The van der Waals surface area contributed by atoms with Crippen LogP contribution in [-0.4, -0.2) is 65.1 Å². The lowest BCUT2D eigenvalue weighted by atomic mass is 10.0. The molecule has 0 aliphatic carbocycles. The van der Waals surface area contributed by atoms with Crippen LogP contribution in [0.2, 0.25) is 0 Å². The fourth-order valence-electron chi connectivity index (χ4n) is 3.68.